The maximum absolute atomic E-state index is 13.0. The van der Waals surface area contributed by atoms with E-state index in [1.54, 1.807) is 24.3 Å². The Morgan fingerprint density at radius 3 is 2.23 bits per heavy atom. The molecule has 1 amide bonds. The normalized spacial score (nSPS) is 16.9. The van der Waals surface area contributed by atoms with Crippen LogP contribution in [0.3, 0.4) is 0 Å². The molecule has 0 atom stereocenters. The molecular weight excluding hydrogens is 471 g/mol. The number of carbonyl (C=O) groups is 1. The number of hydrogen-bond donors (Lipinski definition) is 1. The molecule has 1 heterocycles. The van der Waals surface area contributed by atoms with Crippen molar-refractivity contribution in [2.45, 2.75) is 24.2 Å². The number of benzene rings is 2. The molecule has 0 saturated carbocycles. The summed E-state index contributed by atoms with van der Waals surface area (Å²) in [5.41, 5.74) is 4.91. The van der Waals surface area contributed by atoms with Crippen molar-refractivity contribution in [1.82, 2.24) is 4.31 Å². The van der Waals surface area contributed by atoms with Gasteiger partial charge < -0.3 is 10.5 Å². The zero-order valence-corrected chi connectivity index (χ0v) is 19.1. The fourth-order valence-electron chi connectivity index (χ4n) is 3.56. The summed E-state index contributed by atoms with van der Waals surface area (Å²) < 4.78 is 33.3. The van der Waals surface area contributed by atoms with Crippen molar-refractivity contribution in [3.05, 3.63) is 57.5 Å². The minimum atomic E-state index is -3.77. The minimum Gasteiger partial charge on any atom is -0.493 e. The zero-order valence-electron chi connectivity index (χ0n) is 16.0. The second-order valence-electron chi connectivity index (χ2n) is 7.40. The lowest BCUT2D eigenvalue weighted by atomic mass is 9.76. The lowest BCUT2D eigenvalue weighted by Crippen LogP contribution is -2.47. The summed E-state index contributed by atoms with van der Waals surface area (Å²) >= 11 is 17.9. The van der Waals surface area contributed by atoms with Gasteiger partial charge >= 0.3 is 0 Å². The van der Waals surface area contributed by atoms with E-state index in [9.17, 15) is 13.2 Å². The van der Waals surface area contributed by atoms with Gasteiger partial charge in [-0.15, -0.1) is 0 Å². The van der Waals surface area contributed by atoms with Crippen LogP contribution >= 0.6 is 34.8 Å². The van der Waals surface area contributed by atoms with Gasteiger partial charge in [-0.3, -0.25) is 4.79 Å². The molecule has 6 nitrogen and oxygen atoms in total. The van der Waals surface area contributed by atoms with Gasteiger partial charge in [-0.25, -0.2) is 8.42 Å². The monoisotopic (exact) mass is 490 g/mol. The smallest absolute Gasteiger partial charge is 0.243 e. The number of primary amides is 1. The first-order chi connectivity index (χ1) is 14.1. The van der Waals surface area contributed by atoms with Crippen LogP contribution in [0.25, 0.3) is 0 Å². The van der Waals surface area contributed by atoms with Gasteiger partial charge in [0.05, 0.1) is 11.5 Å². The molecule has 2 N–H and O–H groups in total. The summed E-state index contributed by atoms with van der Waals surface area (Å²) in [6.45, 7) is 0.671. The van der Waals surface area contributed by atoms with E-state index in [-0.39, 0.29) is 41.1 Å². The van der Waals surface area contributed by atoms with Crippen LogP contribution in [0.5, 0.6) is 5.75 Å². The van der Waals surface area contributed by atoms with Crippen molar-refractivity contribution in [2.24, 2.45) is 11.1 Å². The Balaban J connectivity index is 1.75. The topological polar surface area (TPSA) is 89.7 Å². The van der Waals surface area contributed by atoms with Crippen molar-refractivity contribution in [3.63, 3.8) is 0 Å². The van der Waals surface area contributed by atoms with E-state index in [0.717, 1.165) is 0 Å². The number of piperidine rings is 1. The molecule has 1 fully saturated rings. The molecule has 1 saturated heterocycles. The highest BCUT2D eigenvalue weighted by Crippen LogP contribution is 2.38. The van der Waals surface area contributed by atoms with Crippen molar-refractivity contribution < 1.29 is 17.9 Å². The number of carbonyl (C=O) groups excluding carboxylic acids is 1. The first-order valence-corrected chi connectivity index (χ1v) is 11.8. The minimum absolute atomic E-state index is 0.0394. The summed E-state index contributed by atoms with van der Waals surface area (Å²) in [4.78, 5) is 11.7. The van der Waals surface area contributed by atoms with E-state index in [1.165, 1.54) is 22.5 Å². The summed E-state index contributed by atoms with van der Waals surface area (Å²) in [7, 11) is -3.77. The lowest BCUT2D eigenvalue weighted by Gasteiger charge is -2.40. The van der Waals surface area contributed by atoms with Gasteiger partial charge in [0.1, 0.15) is 5.75 Å². The number of hydrogen-bond acceptors (Lipinski definition) is 4. The Kier molecular flexibility index (Phi) is 7.20. The van der Waals surface area contributed by atoms with Crippen molar-refractivity contribution in [1.29, 1.82) is 0 Å². The number of halogens is 3. The number of ether oxygens (including phenoxy) is 1. The quantitative estimate of drug-likeness (QED) is 0.623. The SMILES string of the molecule is NC(=O)CC1(COc2cccc(Cl)c2)CCN(S(=O)(=O)c2cc(Cl)cc(Cl)c2)CC1. The molecule has 1 aliphatic heterocycles. The maximum atomic E-state index is 13.0. The van der Waals surface area contributed by atoms with Gasteiger partial charge in [0.2, 0.25) is 15.9 Å². The molecular formula is C20H21Cl3N2O4S. The average Bonchev–Trinajstić information content (AvgIpc) is 2.66. The fourth-order valence-corrected chi connectivity index (χ4v) is 5.91. The highest BCUT2D eigenvalue weighted by molar-refractivity contribution is 7.89. The van der Waals surface area contributed by atoms with Crippen LogP contribution in [0.4, 0.5) is 0 Å². The lowest BCUT2D eigenvalue weighted by molar-refractivity contribution is -0.121. The number of sulfonamides is 1. The van der Waals surface area contributed by atoms with Crippen molar-refractivity contribution in [2.75, 3.05) is 19.7 Å². The average molecular weight is 492 g/mol. The van der Waals surface area contributed by atoms with Gasteiger partial charge in [-0.05, 0) is 49.2 Å². The Morgan fingerprint density at radius 2 is 1.67 bits per heavy atom. The third kappa shape index (κ3) is 5.59. The molecule has 3 rings (SSSR count). The molecule has 0 radical (unpaired) electrons. The molecule has 2 aromatic rings. The molecule has 0 aromatic heterocycles. The summed E-state index contributed by atoms with van der Waals surface area (Å²) in [5.74, 6) is 0.123. The third-order valence-corrected chi connectivity index (χ3v) is 7.70. The molecule has 0 aliphatic carbocycles. The Morgan fingerprint density at radius 1 is 1.03 bits per heavy atom. The van der Waals surface area contributed by atoms with E-state index in [1.807, 2.05) is 0 Å². The van der Waals surface area contributed by atoms with E-state index < -0.39 is 21.3 Å². The first kappa shape index (κ1) is 23.2. The van der Waals surface area contributed by atoms with Crippen LogP contribution in [0.1, 0.15) is 19.3 Å². The Hall–Kier alpha value is -1.51. The van der Waals surface area contributed by atoms with Crippen molar-refractivity contribution in [3.8, 4) is 5.75 Å². The van der Waals surface area contributed by atoms with Gasteiger partial charge in [0.15, 0.2) is 0 Å². The van der Waals surface area contributed by atoms with E-state index in [2.05, 4.69) is 0 Å². The highest BCUT2D eigenvalue weighted by atomic mass is 35.5. The van der Waals surface area contributed by atoms with Crippen LogP contribution in [-0.4, -0.2) is 38.3 Å². The predicted molar refractivity (Wildman–Crippen MR) is 118 cm³/mol. The van der Waals surface area contributed by atoms with Gasteiger partial charge in [0.25, 0.3) is 0 Å². The maximum Gasteiger partial charge on any atom is 0.243 e. The molecule has 1 aliphatic rings. The number of nitrogens with zero attached hydrogens (tertiary/aromatic N) is 1. The van der Waals surface area contributed by atoms with Crippen LogP contribution in [0.2, 0.25) is 15.1 Å². The molecule has 2 aromatic carbocycles. The largest absolute Gasteiger partial charge is 0.493 e. The number of amides is 1. The van der Waals surface area contributed by atoms with Crippen LogP contribution < -0.4 is 10.5 Å². The van der Waals surface area contributed by atoms with Gasteiger partial charge in [-0.2, -0.15) is 4.31 Å². The Bertz CT molecular complexity index is 1020. The summed E-state index contributed by atoms with van der Waals surface area (Å²) in [6.07, 6.45) is 0.943. The van der Waals surface area contributed by atoms with Crippen LogP contribution in [-0.2, 0) is 14.8 Å². The van der Waals surface area contributed by atoms with Gasteiger partial charge in [-0.1, -0.05) is 40.9 Å². The summed E-state index contributed by atoms with van der Waals surface area (Å²) in [5, 5.41) is 1.03. The molecule has 0 unspecified atom stereocenters. The second kappa shape index (κ2) is 9.32. The number of nitrogens with two attached hydrogens (primary N) is 1. The molecule has 10 heteroatoms. The first-order valence-electron chi connectivity index (χ1n) is 9.23. The Labute approximate surface area is 190 Å². The summed E-state index contributed by atoms with van der Waals surface area (Å²) in [6, 6.07) is 11.2. The molecule has 30 heavy (non-hydrogen) atoms. The fraction of sp³-hybridized carbons (Fsp3) is 0.350. The van der Waals surface area contributed by atoms with Crippen molar-refractivity contribution >= 4 is 50.7 Å². The van der Waals surface area contributed by atoms with Crippen LogP contribution in [0, 0.1) is 5.41 Å². The van der Waals surface area contributed by atoms with E-state index in [0.29, 0.717) is 23.6 Å². The third-order valence-electron chi connectivity index (χ3n) is 5.15. The zero-order chi connectivity index (χ0) is 21.9. The van der Waals surface area contributed by atoms with E-state index in [4.69, 9.17) is 45.3 Å². The standard InChI is InChI=1S/C20H21Cl3N2O4S/c21-14-2-1-3-17(9-14)29-13-20(12-19(24)26)4-6-25(7-5-20)30(27,28)18-10-15(22)8-16(23)11-18/h1-3,8-11H,4-7,12-13H2,(H2,24,26). The highest BCUT2D eigenvalue weighted by Gasteiger charge is 2.40. The van der Waals surface area contributed by atoms with Crippen LogP contribution in [0.15, 0.2) is 47.4 Å². The van der Waals surface area contributed by atoms with Gasteiger partial charge in [0, 0.05) is 40.0 Å². The van der Waals surface area contributed by atoms with E-state index >= 15 is 0 Å². The predicted octanol–water partition coefficient (Wildman–Crippen LogP) is 4.37. The molecule has 162 valence electrons. The molecule has 0 bridgehead atoms. The molecule has 0 spiro atoms. The number of rotatable bonds is 7. The second-order valence-corrected chi connectivity index (χ2v) is 10.6.